The first-order valence-corrected chi connectivity index (χ1v) is 7.24. The molecule has 1 N–H and O–H groups in total. The van der Waals surface area contributed by atoms with Gasteiger partial charge in [0.1, 0.15) is 5.76 Å². The molecule has 1 aromatic heterocycles. The molecule has 118 valence electrons. The van der Waals surface area contributed by atoms with Crippen LogP contribution < -0.4 is 0 Å². The molecule has 1 aliphatic heterocycles. The fourth-order valence-electron chi connectivity index (χ4n) is 2.90. The topological polar surface area (TPSA) is 49.5 Å². The van der Waals surface area contributed by atoms with Crippen LogP contribution in [0.5, 0.6) is 0 Å². The van der Waals surface area contributed by atoms with Gasteiger partial charge in [-0.2, -0.15) is 0 Å². The minimum absolute atomic E-state index is 0.183. The minimum atomic E-state index is -0.873. The van der Waals surface area contributed by atoms with Crippen molar-refractivity contribution in [3.63, 3.8) is 0 Å². The zero-order chi connectivity index (χ0) is 15.9. The summed E-state index contributed by atoms with van der Waals surface area (Å²) >= 11 is 0. The fraction of sp³-hybridized carbons (Fsp3) is 0.438. The van der Waals surface area contributed by atoms with Gasteiger partial charge in [0.25, 0.3) is 0 Å². The van der Waals surface area contributed by atoms with Gasteiger partial charge in [-0.05, 0) is 38.0 Å². The lowest BCUT2D eigenvalue weighted by Gasteiger charge is -2.23. The minimum Gasteiger partial charge on any atom is -0.444 e. The van der Waals surface area contributed by atoms with Crippen LogP contribution in [0.3, 0.4) is 0 Å². The average Bonchev–Trinajstić information content (AvgIpc) is 2.96. The molecular formula is C16H18F2N2O2. The van der Waals surface area contributed by atoms with E-state index in [1.165, 1.54) is 6.07 Å². The second-order valence-electron chi connectivity index (χ2n) is 5.76. The molecule has 2 heterocycles. The van der Waals surface area contributed by atoms with E-state index in [1.54, 1.807) is 6.07 Å². The molecule has 2 aromatic rings. The van der Waals surface area contributed by atoms with Crippen molar-refractivity contribution in [3.8, 4) is 0 Å². The predicted molar refractivity (Wildman–Crippen MR) is 76.1 cm³/mol. The first-order chi connectivity index (χ1) is 10.4. The Hall–Kier alpha value is -1.79. The molecule has 1 fully saturated rings. The maximum atomic E-state index is 13.5. The van der Waals surface area contributed by atoms with Crippen molar-refractivity contribution in [1.29, 1.82) is 0 Å². The molecular weight excluding hydrogens is 290 g/mol. The largest absolute Gasteiger partial charge is 0.444 e. The van der Waals surface area contributed by atoms with Gasteiger partial charge in [-0.15, -0.1) is 0 Å². The van der Waals surface area contributed by atoms with Crippen LogP contribution in [0.25, 0.3) is 0 Å². The van der Waals surface area contributed by atoms with E-state index in [4.69, 9.17) is 4.42 Å². The Morgan fingerprint density at radius 1 is 1.32 bits per heavy atom. The molecule has 0 saturated carbocycles. The summed E-state index contributed by atoms with van der Waals surface area (Å²) in [5.41, 5.74) is 1.48. The summed E-state index contributed by atoms with van der Waals surface area (Å²) in [6.45, 7) is 4.59. The van der Waals surface area contributed by atoms with E-state index in [0.29, 0.717) is 31.0 Å². The van der Waals surface area contributed by atoms with E-state index in [0.717, 1.165) is 17.5 Å². The highest BCUT2D eigenvalue weighted by Gasteiger charge is 2.33. The van der Waals surface area contributed by atoms with E-state index < -0.39 is 17.7 Å². The van der Waals surface area contributed by atoms with Crippen LogP contribution in [0.2, 0.25) is 0 Å². The Labute approximate surface area is 127 Å². The summed E-state index contributed by atoms with van der Waals surface area (Å²) in [4.78, 5) is 6.31. The van der Waals surface area contributed by atoms with E-state index in [1.807, 2.05) is 18.7 Å². The number of aliphatic hydroxyl groups is 1. The molecule has 0 radical (unpaired) electrons. The Kier molecular flexibility index (Phi) is 3.97. The number of rotatable bonds is 3. The van der Waals surface area contributed by atoms with E-state index >= 15 is 0 Å². The number of halogens is 2. The van der Waals surface area contributed by atoms with Gasteiger partial charge in [0, 0.05) is 12.6 Å². The number of likely N-dealkylation sites (tertiary alicyclic amines) is 1. The summed E-state index contributed by atoms with van der Waals surface area (Å²) in [7, 11) is 0. The van der Waals surface area contributed by atoms with Gasteiger partial charge in [-0.25, -0.2) is 13.8 Å². The van der Waals surface area contributed by atoms with E-state index in [-0.39, 0.29) is 6.04 Å². The van der Waals surface area contributed by atoms with Crippen molar-refractivity contribution < 1.29 is 18.3 Å². The highest BCUT2D eigenvalue weighted by molar-refractivity contribution is 5.23. The zero-order valence-corrected chi connectivity index (χ0v) is 12.5. The number of oxazole rings is 1. The Bertz CT molecular complexity index is 667. The van der Waals surface area contributed by atoms with Crippen LogP contribution in [0.15, 0.2) is 22.6 Å². The first-order valence-electron chi connectivity index (χ1n) is 7.24. The van der Waals surface area contributed by atoms with Gasteiger partial charge in [0.15, 0.2) is 11.6 Å². The third kappa shape index (κ3) is 2.89. The number of hydrogen-bond acceptors (Lipinski definition) is 4. The molecule has 0 amide bonds. The average molecular weight is 308 g/mol. The van der Waals surface area contributed by atoms with Gasteiger partial charge in [0.05, 0.1) is 18.3 Å². The zero-order valence-electron chi connectivity index (χ0n) is 12.5. The Balaban J connectivity index is 1.83. The smallest absolute Gasteiger partial charge is 0.208 e. The van der Waals surface area contributed by atoms with Crippen molar-refractivity contribution in [1.82, 2.24) is 9.88 Å². The number of aryl methyl sites for hydroxylation is 2. The van der Waals surface area contributed by atoms with Crippen molar-refractivity contribution in [2.24, 2.45) is 0 Å². The molecule has 3 rings (SSSR count). The molecule has 1 aliphatic rings. The lowest BCUT2D eigenvalue weighted by Crippen LogP contribution is -2.24. The van der Waals surface area contributed by atoms with Gasteiger partial charge in [-0.1, -0.05) is 6.07 Å². The van der Waals surface area contributed by atoms with Crippen LogP contribution in [-0.2, 0) is 6.54 Å². The second-order valence-corrected chi connectivity index (χ2v) is 5.76. The van der Waals surface area contributed by atoms with Crippen LogP contribution in [0.1, 0.15) is 35.4 Å². The van der Waals surface area contributed by atoms with Gasteiger partial charge in [0.2, 0.25) is 5.89 Å². The fourth-order valence-corrected chi connectivity index (χ4v) is 2.90. The lowest BCUT2D eigenvalue weighted by molar-refractivity contribution is 0.167. The highest BCUT2D eigenvalue weighted by atomic mass is 19.2. The monoisotopic (exact) mass is 308 g/mol. The molecule has 22 heavy (non-hydrogen) atoms. The molecule has 2 atom stereocenters. The highest BCUT2D eigenvalue weighted by Crippen LogP contribution is 2.34. The molecule has 0 unspecified atom stereocenters. The van der Waals surface area contributed by atoms with Gasteiger partial charge in [-0.3, -0.25) is 4.90 Å². The lowest BCUT2D eigenvalue weighted by atomic mass is 10.0. The molecule has 6 heteroatoms. The maximum Gasteiger partial charge on any atom is 0.208 e. The molecule has 4 nitrogen and oxygen atoms in total. The summed E-state index contributed by atoms with van der Waals surface area (Å²) in [5.74, 6) is -0.412. The van der Waals surface area contributed by atoms with Crippen LogP contribution in [0, 0.1) is 25.5 Å². The van der Waals surface area contributed by atoms with Crippen molar-refractivity contribution >= 4 is 0 Å². The quantitative estimate of drug-likeness (QED) is 0.947. The van der Waals surface area contributed by atoms with Crippen LogP contribution in [0.4, 0.5) is 8.78 Å². The van der Waals surface area contributed by atoms with Crippen LogP contribution >= 0.6 is 0 Å². The molecule has 1 aromatic carbocycles. The van der Waals surface area contributed by atoms with E-state index in [2.05, 4.69) is 4.98 Å². The van der Waals surface area contributed by atoms with Gasteiger partial charge >= 0.3 is 0 Å². The molecule has 0 aliphatic carbocycles. The van der Waals surface area contributed by atoms with Crippen molar-refractivity contribution in [3.05, 3.63) is 52.7 Å². The number of benzene rings is 1. The van der Waals surface area contributed by atoms with Crippen LogP contribution in [-0.4, -0.2) is 27.6 Å². The van der Waals surface area contributed by atoms with Crippen molar-refractivity contribution in [2.45, 2.75) is 39.0 Å². The normalized spacial score (nSPS) is 22.4. The summed E-state index contributed by atoms with van der Waals surface area (Å²) in [6, 6.07) is 3.68. The number of hydrogen-bond donors (Lipinski definition) is 1. The number of nitrogens with zero attached hydrogens (tertiary/aromatic N) is 2. The number of β-amino-alcohol motifs (C(OH)–C–C–N with tert-alkyl or cyclic N) is 1. The summed E-state index contributed by atoms with van der Waals surface area (Å²) < 4.78 is 32.1. The standard InChI is InChI=1S/C16H18F2N2O2/c1-9-10(2)22-16(19-9)8-20-7-12(21)6-15(20)11-3-4-13(17)14(18)5-11/h3-5,12,15,21H,6-8H2,1-2H3/t12-,15-/m1/s1. The third-order valence-corrected chi connectivity index (χ3v) is 4.12. The van der Waals surface area contributed by atoms with Crippen molar-refractivity contribution in [2.75, 3.05) is 6.54 Å². The Morgan fingerprint density at radius 2 is 2.09 bits per heavy atom. The third-order valence-electron chi connectivity index (χ3n) is 4.12. The summed E-state index contributed by atoms with van der Waals surface area (Å²) in [5, 5.41) is 9.93. The summed E-state index contributed by atoms with van der Waals surface area (Å²) in [6.07, 6.45) is -0.0284. The van der Waals surface area contributed by atoms with Gasteiger partial charge < -0.3 is 9.52 Å². The van der Waals surface area contributed by atoms with E-state index in [9.17, 15) is 13.9 Å². The maximum absolute atomic E-state index is 13.5. The first kappa shape index (κ1) is 15.1. The molecule has 0 bridgehead atoms. The predicted octanol–water partition coefficient (Wildman–Crippen LogP) is 2.88. The Morgan fingerprint density at radius 3 is 2.73 bits per heavy atom. The SMILES string of the molecule is Cc1nc(CN2C[C@H](O)C[C@@H]2c2ccc(F)c(F)c2)oc1C. The molecule has 1 saturated heterocycles. The molecule has 0 spiro atoms. The number of aromatic nitrogens is 1. The number of aliphatic hydroxyl groups excluding tert-OH is 1. The second kappa shape index (κ2) is 5.78.